The van der Waals surface area contributed by atoms with Gasteiger partial charge in [-0.05, 0) is 13.8 Å². The first kappa shape index (κ1) is 25.1. The van der Waals surface area contributed by atoms with E-state index in [4.69, 9.17) is 16.3 Å². The molecule has 7 N–H and O–H groups in total. The number of amides is 2. The average molecular weight is 519 g/mol. The molecule has 1 fully saturated rings. The van der Waals surface area contributed by atoms with Gasteiger partial charge in [0, 0.05) is 18.5 Å². The lowest BCUT2D eigenvalue weighted by Crippen LogP contribution is -2.74. The Morgan fingerprint density at radius 2 is 2.09 bits per heavy atom. The molecule has 18 heteroatoms. The van der Waals surface area contributed by atoms with E-state index in [1.807, 2.05) is 0 Å². The van der Waals surface area contributed by atoms with Gasteiger partial charge in [-0.3, -0.25) is 19.1 Å². The molecule has 3 heterocycles. The molecule has 0 saturated carbocycles. The summed E-state index contributed by atoms with van der Waals surface area (Å²) >= 11 is 0.967. The number of aliphatic imine (C=N–C) groups is 1. The number of anilines is 1. The van der Waals surface area contributed by atoms with E-state index in [1.165, 1.54) is 24.1 Å². The summed E-state index contributed by atoms with van der Waals surface area (Å²) < 4.78 is 33.1. The summed E-state index contributed by atoms with van der Waals surface area (Å²) in [6, 6.07) is -2.60. The third kappa shape index (κ3) is 5.02. The van der Waals surface area contributed by atoms with Crippen LogP contribution in [0.15, 0.2) is 15.5 Å². The summed E-state index contributed by atoms with van der Waals surface area (Å²) in [5.74, 6) is -3.37. The first-order chi connectivity index (χ1) is 15.7. The number of guanidine groups is 1. The maximum Gasteiger partial charge on any atom is 0.362 e. The molecule has 0 radical (unpaired) electrons. The van der Waals surface area contributed by atoms with E-state index >= 15 is 0 Å². The van der Waals surface area contributed by atoms with Gasteiger partial charge in [0.2, 0.25) is 5.60 Å². The number of aliphatic carboxylic acids is 1. The van der Waals surface area contributed by atoms with E-state index in [9.17, 15) is 32.5 Å². The number of nitrogens with two attached hydrogens (primary N) is 2. The quantitative estimate of drug-likeness (QED) is 0.0980. The van der Waals surface area contributed by atoms with E-state index in [1.54, 1.807) is 0 Å². The molecule has 2 atom stereocenters. The molecular weight excluding hydrogens is 496 g/mol. The van der Waals surface area contributed by atoms with Crippen molar-refractivity contribution in [3.8, 4) is 0 Å². The first-order valence-corrected chi connectivity index (χ1v) is 11.9. The minimum atomic E-state index is -4.92. The van der Waals surface area contributed by atoms with Crippen LogP contribution in [-0.4, -0.2) is 99.0 Å². The molecule has 16 nitrogen and oxygen atoms in total. The standard InChI is InChI=1S/C16H22N8O8S2/c1-16(2,13(27)28)32-22-9(7-6-33-15(18)20-7)11(25)21-10-8(5-23-4-3-19-14(23)17)24(12(10)26)34(29,30)31/h6,8,10H,3-5H2,1-2H3,(H2,17,19)(H2,18,20)(H,21,25)(H,27,28)(H,29,30,31)/b22-9-. The monoisotopic (exact) mass is 518 g/mol. The van der Waals surface area contributed by atoms with Crippen LogP contribution >= 0.6 is 11.3 Å². The van der Waals surface area contributed by atoms with Gasteiger partial charge in [0.1, 0.15) is 11.7 Å². The van der Waals surface area contributed by atoms with Crippen molar-refractivity contribution in [2.24, 2.45) is 15.9 Å². The number of carboxylic acid groups (broad SMARTS) is 1. The topological polar surface area (TPSA) is 243 Å². The lowest BCUT2D eigenvalue weighted by molar-refractivity contribution is -0.161. The number of oxime groups is 1. The number of thiazole rings is 1. The van der Waals surface area contributed by atoms with Gasteiger partial charge in [0.05, 0.1) is 12.6 Å². The second-order valence-electron chi connectivity index (χ2n) is 7.73. The number of nitrogen functional groups attached to an aromatic ring is 1. The van der Waals surface area contributed by atoms with Crippen molar-refractivity contribution in [1.29, 1.82) is 0 Å². The van der Waals surface area contributed by atoms with Crippen LogP contribution in [0.4, 0.5) is 5.13 Å². The fraction of sp³-hybridized carbons (Fsp3) is 0.500. The first-order valence-electron chi connectivity index (χ1n) is 9.59. The van der Waals surface area contributed by atoms with Crippen LogP contribution in [0.3, 0.4) is 0 Å². The number of nitrogens with zero attached hydrogens (tertiary/aromatic N) is 5. The van der Waals surface area contributed by atoms with Gasteiger partial charge in [-0.15, -0.1) is 11.3 Å². The van der Waals surface area contributed by atoms with Crippen LogP contribution in [0.2, 0.25) is 0 Å². The van der Waals surface area contributed by atoms with Crippen molar-refractivity contribution < 1.29 is 37.3 Å². The second kappa shape index (κ2) is 9.03. The molecule has 0 spiro atoms. The largest absolute Gasteiger partial charge is 0.478 e. The van der Waals surface area contributed by atoms with E-state index in [2.05, 4.69) is 20.4 Å². The number of nitrogens with one attached hydrogen (secondary N) is 1. The highest BCUT2D eigenvalue weighted by atomic mass is 32.2. The maximum atomic E-state index is 13.0. The summed E-state index contributed by atoms with van der Waals surface area (Å²) in [7, 11) is -4.92. The molecule has 1 aromatic rings. The molecule has 1 aromatic heterocycles. The predicted molar refractivity (Wildman–Crippen MR) is 118 cm³/mol. The lowest BCUT2D eigenvalue weighted by Gasteiger charge is -2.45. The number of carbonyl (C=O) groups is 3. The highest BCUT2D eigenvalue weighted by molar-refractivity contribution is 7.84. The van der Waals surface area contributed by atoms with Crippen molar-refractivity contribution >= 4 is 56.2 Å². The average Bonchev–Trinajstić information content (AvgIpc) is 3.32. The van der Waals surface area contributed by atoms with Crippen LogP contribution < -0.4 is 16.8 Å². The van der Waals surface area contributed by atoms with Crippen LogP contribution in [0.25, 0.3) is 0 Å². The Kier molecular flexibility index (Phi) is 6.67. The highest BCUT2D eigenvalue weighted by Gasteiger charge is 2.55. The normalized spacial score (nSPS) is 21.2. The number of rotatable bonds is 9. The van der Waals surface area contributed by atoms with Crippen LogP contribution in [0, 0.1) is 0 Å². The Labute approximate surface area is 197 Å². The number of β-lactam (4-membered cyclic amide) rings is 1. The summed E-state index contributed by atoms with van der Waals surface area (Å²) in [6.45, 7) is 2.94. The van der Waals surface area contributed by atoms with Crippen LogP contribution in [0.1, 0.15) is 19.5 Å². The molecule has 34 heavy (non-hydrogen) atoms. The third-order valence-electron chi connectivity index (χ3n) is 4.94. The molecule has 186 valence electrons. The zero-order chi connectivity index (χ0) is 25.4. The lowest BCUT2D eigenvalue weighted by atomic mass is 9.97. The Morgan fingerprint density at radius 1 is 1.41 bits per heavy atom. The van der Waals surface area contributed by atoms with Crippen molar-refractivity contribution in [2.75, 3.05) is 25.4 Å². The van der Waals surface area contributed by atoms with Crippen molar-refractivity contribution in [3.63, 3.8) is 0 Å². The van der Waals surface area contributed by atoms with Gasteiger partial charge in [0.15, 0.2) is 16.8 Å². The van der Waals surface area contributed by atoms with Gasteiger partial charge in [-0.1, -0.05) is 5.16 Å². The van der Waals surface area contributed by atoms with Crippen molar-refractivity contribution in [2.45, 2.75) is 31.5 Å². The highest BCUT2D eigenvalue weighted by Crippen LogP contribution is 2.25. The SMILES string of the molecule is CC(C)(O/N=C(\C(=O)NC1C(=O)N(S(=O)(=O)O)C1CN1CCN=C1N)c1csc(N)n1)C(=O)O. The molecule has 0 bridgehead atoms. The van der Waals surface area contributed by atoms with Gasteiger partial charge in [-0.25, -0.2) is 14.1 Å². The zero-order valence-electron chi connectivity index (χ0n) is 17.9. The Bertz CT molecular complexity index is 1180. The molecular formula is C16H22N8O8S2. The van der Waals surface area contributed by atoms with E-state index < -0.39 is 51.5 Å². The van der Waals surface area contributed by atoms with Gasteiger partial charge in [-0.2, -0.15) is 8.42 Å². The molecule has 2 aliphatic heterocycles. The maximum absolute atomic E-state index is 13.0. The molecule has 1 saturated heterocycles. The predicted octanol–water partition coefficient (Wildman–Crippen LogP) is -2.56. The number of aromatic nitrogens is 1. The fourth-order valence-electron chi connectivity index (χ4n) is 3.06. The number of carbonyl (C=O) groups excluding carboxylic acids is 2. The minimum Gasteiger partial charge on any atom is -0.478 e. The van der Waals surface area contributed by atoms with Gasteiger partial charge in [0.25, 0.3) is 11.8 Å². The van der Waals surface area contributed by atoms with E-state index in [0.29, 0.717) is 13.1 Å². The fourth-order valence-corrected chi connectivity index (χ4v) is 4.48. The summed E-state index contributed by atoms with van der Waals surface area (Å²) in [5.41, 5.74) is 8.97. The summed E-state index contributed by atoms with van der Waals surface area (Å²) in [5, 5.41) is 16.6. The Hall–Kier alpha value is -3.51. The second-order valence-corrected chi connectivity index (χ2v) is 9.91. The minimum absolute atomic E-state index is 0.0629. The smallest absolute Gasteiger partial charge is 0.362 e. The van der Waals surface area contributed by atoms with Crippen molar-refractivity contribution in [3.05, 3.63) is 11.1 Å². The molecule has 2 unspecified atom stereocenters. The molecule has 3 rings (SSSR count). The molecule has 0 aliphatic carbocycles. The molecule has 2 aliphatic rings. The number of carboxylic acids is 1. The van der Waals surface area contributed by atoms with Crippen LogP contribution in [0.5, 0.6) is 0 Å². The summed E-state index contributed by atoms with van der Waals surface area (Å²) in [4.78, 5) is 51.2. The third-order valence-corrected chi connectivity index (χ3v) is 6.56. The van der Waals surface area contributed by atoms with E-state index in [0.717, 1.165) is 11.3 Å². The molecule has 0 aromatic carbocycles. The Morgan fingerprint density at radius 3 is 2.59 bits per heavy atom. The Balaban J connectivity index is 1.87. The van der Waals surface area contributed by atoms with E-state index in [-0.39, 0.29) is 27.6 Å². The molecule has 2 amide bonds. The van der Waals surface area contributed by atoms with Gasteiger partial charge < -0.3 is 31.6 Å². The summed E-state index contributed by atoms with van der Waals surface area (Å²) in [6.07, 6.45) is 0. The van der Waals surface area contributed by atoms with Gasteiger partial charge >= 0.3 is 16.3 Å². The zero-order valence-corrected chi connectivity index (χ0v) is 19.5. The number of hydrogen-bond donors (Lipinski definition) is 5. The van der Waals surface area contributed by atoms with Crippen LogP contribution in [-0.2, 0) is 29.5 Å². The number of hydrogen-bond acceptors (Lipinski definition) is 13. The van der Waals surface area contributed by atoms with Crippen molar-refractivity contribution in [1.82, 2.24) is 19.5 Å².